The molecule has 1 saturated heterocycles. The van der Waals surface area contributed by atoms with Gasteiger partial charge in [-0.2, -0.15) is 0 Å². The fourth-order valence-corrected chi connectivity index (χ4v) is 2.97. The second-order valence-electron chi connectivity index (χ2n) is 5.16. The fourth-order valence-electron chi connectivity index (χ4n) is 2.66. The van der Waals surface area contributed by atoms with Crippen LogP contribution in [0.25, 0.3) is 0 Å². The average molecular weight is 268 g/mol. The van der Waals surface area contributed by atoms with E-state index in [0.29, 0.717) is 12.6 Å². The molecule has 1 aromatic rings. The number of halogens is 1. The first-order valence-electron chi connectivity index (χ1n) is 6.52. The molecule has 0 aliphatic carbocycles. The van der Waals surface area contributed by atoms with E-state index in [1.165, 1.54) is 12.8 Å². The molecule has 0 radical (unpaired) electrons. The van der Waals surface area contributed by atoms with Crippen LogP contribution in [0.2, 0.25) is 5.02 Å². The molecule has 1 fully saturated rings. The SMILES string of the molecule is CN(C)C1CCCN(c2c(Cl)cccc2CN)C1. The number of nitrogens with zero attached hydrogens (tertiary/aromatic N) is 2. The highest BCUT2D eigenvalue weighted by Crippen LogP contribution is 2.32. The highest BCUT2D eigenvalue weighted by atomic mass is 35.5. The third-order valence-corrected chi connectivity index (χ3v) is 4.04. The summed E-state index contributed by atoms with van der Waals surface area (Å²) in [5.41, 5.74) is 8.10. The van der Waals surface area contributed by atoms with E-state index in [-0.39, 0.29) is 0 Å². The zero-order valence-electron chi connectivity index (χ0n) is 11.2. The Balaban J connectivity index is 2.25. The van der Waals surface area contributed by atoms with Gasteiger partial charge in [0.15, 0.2) is 0 Å². The van der Waals surface area contributed by atoms with Gasteiger partial charge < -0.3 is 15.5 Å². The molecule has 0 spiro atoms. The molecular weight excluding hydrogens is 246 g/mol. The van der Waals surface area contributed by atoms with Gasteiger partial charge in [-0.3, -0.25) is 0 Å². The predicted octanol–water partition coefficient (Wildman–Crippen LogP) is 2.33. The van der Waals surface area contributed by atoms with Crippen molar-refractivity contribution in [2.24, 2.45) is 5.73 Å². The average Bonchev–Trinajstić information content (AvgIpc) is 2.38. The van der Waals surface area contributed by atoms with E-state index in [4.69, 9.17) is 17.3 Å². The molecule has 1 aliphatic rings. The molecule has 1 atom stereocenters. The Morgan fingerprint density at radius 1 is 1.44 bits per heavy atom. The topological polar surface area (TPSA) is 32.5 Å². The Hall–Kier alpha value is -0.770. The van der Waals surface area contributed by atoms with Gasteiger partial charge >= 0.3 is 0 Å². The van der Waals surface area contributed by atoms with Crippen molar-refractivity contribution in [2.45, 2.75) is 25.4 Å². The zero-order valence-corrected chi connectivity index (χ0v) is 12.0. The number of para-hydroxylation sites is 1. The van der Waals surface area contributed by atoms with Gasteiger partial charge in [0.2, 0.25) is 0 Å². The molecule has 0 saturated carbocycles. The van der Waals surface area contributed by atoms with Crippen LogP contribution < -0.4 is 10.6 Å². The van der Waals surface area contributed by atoms with Gasteiger partial charge in [0.25, 0.3) is 0 Å². The second kappa shape index (κ2) is 5.91. The van der Waals surface area contributed by atoms with Crippen molar-refractivity contribution in [3.8, 4) is 0 Å². The largest absolute Gasteiger partial charge is 0.368 e. The minimum atomic E-state index is 0.541. The Kier molecular flexibility index (Phi) is 4.49. The van der Waals surface area contributed by atoms with E-state index in [1.54, 1.807) is 0 Å². The number of likely N-dealkylation sites (N-methyl/N-ethyl adjacent to an activating group) is 1. The van der Waals surface area contributed by atoms with E-state index in [1.807, 2.05) is 12.1 Å². The standard InChI is InChI=1S/C14H22ClN3/c1-17(2)12-6-4-8-18(10-12)14-11(9-16)5-3-7-13(14)15/h3,5,7,12H,4,6,8-10,16H2,1-2H3. The van der Waals surface area contributed by atoms with Crippen LogP contribution in [-0.4, -0.2) is 38.1 Å². The monoisotopic (exact) mass is 267 g/mol. The van der Waals surface area contributed by atoms with Crippen molar-refractivity contribution < 1.29 is 0 Å². The van der Waals surface area contributed by atoms with Crippen LogP contribution in [0.5, 0.6) is 0 Å². The summed E-state index contributed by atoms with van der Waals surface area (Å²) in [6.07, 6.45) is 2.46. The van der Waals surface area contributed by atoms with E-state index in [9.17, 15) is 0 Å². The second-order valence-corrected chi connectivity index (χ2v) is 5.56. The molecule has 1 aliphatic heterocycles. The molecule has 18 heavy (non-hydrogen) atoms. The minimum absolute atomic E-state index is 0.541. The Bertz CT molecular complexity index is 406. The molecule has 0 amide bonds. The third kappa shape index (κ3) is 2.79. The molecule has 1 heterocycles. The molecular formula is C14H22ClN3. The third-order valence-electron chi connectivity index (χ3n) is 3.73. The van der Waals surface area contributed by atoms with Crippen LogP contribution in [0.15, 0.2) is 18.2 Å². The summed E-state index contributed by atoms with van der Waals surface area (Å²) in [6.45, 7) is 2.64. The molecule has 1 unspecified atom stereocenters. The van der Waals surface area contributed by atoms with Gasteiger partial charge in [-0.1, -0.05) is 23.7 Å². The van der Waals surface area contributed by atoms with E-state index in [0.717, 1.165) is 29.4 Å². The van der Waals surface area contributed by atoms with Gasteiger partial charge in [-0.05, 0) is 38.6 Å². The molecule has 4 heteroatoms. The quantitative estimate of drug-likeness (QED) is 0.912. The van der Waals surface area contributed by atoms with Gasteiger partial charge in [-0.15, -0.1) is 0 Å². The normalized spacial score (nSPS) is 20.5. The summed E-state index contributed by atoms with van der Waals surface area (Å²) in [7, 11) is 4.29. The Labute approximate surface area is 115 Å². The first-order chi connectivity index (χ1) is 8.63. The van der Waals surface area contributed by atoms with Crippen molar-refractivity contribution in [3.63, 3.8) is 0 Å². The van der Waals surface area contributed by atoms with Crippen LogP contribution in [-0.2, 0) is 6.54 Å². The fraction of sp³-hybridized carbons (Fsp3) is 0.571. The van der Waals surface area contributed by atoms with Crippen LogP contribution in [0.1, 0.15) is 18.4 Å². The summed E-state index contributed by atoms with van der Waals surface area (Å²) >= 11 is 6.36. The van der Waals surface area contributed by atoms with Crippen LogP contribution in [0.3, 0.4) is 0 Å². The lowest BCUT2D eigenvalue weighted by Crippen LogP contribution is -2.45. The maximum atomic E-state index is 6.36. The number of anilines is 1. The van der Waals surface area contributed by atoms with Gasteiger partial charge in [0.05, 0.1) is 10.7 Å². The summed E-state index contributed by atoms with van der Waals surface area (Å²) in [5.74, 6) is 0. The lowest BCUT2D eigenvalue weighted by atomic mass is 10.0. The summed E-state index contributed by atoms with van der Waals surface area (Å²) in [4.78, 5) is 4.68. The number of piperidine rings is 1. The minimum Gasteiger partial charge on any atom is -0.368 e. The molecule has 2 rings (SSSR count). The summed E-state index contributed by atoms with van der Waals surface area (Å²) in [6, 6.07) is 6.60. The van der Waals surface area contributed by atoms with E-state index in [2.05, 4.69) is 30.0 Å². The van der Waals surface area contributed by atoms with E-state index >= 15 is 0 Å². The highest BCUT2D eigenvalue weighted by molar-refractivity contribution is 6.33. The van der Waals surface area contributed by atoms with Crippen molar-refractivity contribution in [3.05, 3.63) is 28.8 Å². The first kappa shape index (κ1) is 13.7. The zero-order chi connectivity index (χ0) is 13.1. The van der Waals surface area contributed by atoms with Gasteiger partial charge in [0.1, 0.15) is 0 Å². The van der Waals surface area contributed by atoms with Crippen molar-refractivity contribution in [1.29, 1.82) is 0 Å². The van der Waals surface area contributed by atoms with Crippen LogP contribution >= 0.6 is 11.6 Å². The number of hydrogen-bond acceptors (Lipinski definition) is 3. The number of nitrogens with two attached hydrogens (primary N) is 1. The summed E-state index contributed by atoms with van der Waals surface area (Å²) in [5, 5.41) is 0.817. The lowest BCUT2D eigenvalue weighted by molar-refractivity contribution is 0.258. The van der Waals surface area contributed by atoms with Crippen molar-refractivity contribution in [1.82, 2.24) is 4.90 Å². The van der Waals surface area contributed by atoms with Gasteiger partial charge in [0, 0.05) is 25.7 Å². The highest BCUT2D eigenvalue weighted by Gasteiger charge is 2.24. The molecule has 100 valence electrons. The van der Waals surface area contributed by atoms with E-state index < -0.39 is 0 Å². The van der Waals surface area contributed by atoms with Gasteiger partial charge in [-0.25, -0.2) is 0 Å². The molecule has 3 nitrogen and oxygen atoms in total. The summed E-state index contributed by atoms with van der Waals surface area (Å²) < 4.78 is 0. The number of hydrogen-bond donors (Lipinski definition) is 1. The molecule has 0 bridgehead atoms. The molecule has 1 aromatic carbocycles. The maximum absolute atomic E-state index is 6.36. The molecule has 2 N–H and O–H groups in total. The maximum Gasteiger partial charge on any atom is 0.0642 e. The van der Waals surface area contributed by atoms with Crippen LogP contribution in [0, 0.1) is 0 Å². The Morgan fingerprint density at radius 2 is 2.22 bits per heavy atom. The number of benzene rings is 1. The lowest BCUT2D eigenvalue weighted by Gasteiger charge is -2.38. The van der Waals surface area contributed by atoms with Crippen molar-refractivity contribution in [2.75, 3.05) is 32.1 Å². The van der Waals surface area contributed by atoms with Crippen LogP contribution in [0.4, 0.5) is 5.69 Å². The molecule has 0 aromatic heterocycles. The number of rotatable bonds is 3. The predicted molar refractivity (Wildman–Crippen MR) is 78.3 cm³/mol. The smallest absolute Gasteiger partial charge is 0.0642 e. The Morgan fingerprint density at radius 3 is 2.89 bits per heavy atom. The first-order valence-corrected chi connectivity index (χ1v) is 6.90. The van der Waals surface area contributed by atoms with Crippen molar-refractivity contribution >= 4 is 17.3 Å².